The zero-order valence-electron chi connectivity index (χ0n) is 18.7. The number of hydrogen-bond donors (Lipinski definition) is 0. The molecule has 4 aliphatic rings. The van der Waals surface area contributed by atoms with E-state index < -0.39 is 18.0 Å². The van der Waals surface area contributed by atoms with Crippen LogP contribution in [0.25, 0.3) is 0 Å². The Kier molecular flexibility index (Phi) is 5.62. The lowest BCUT2D eigenvalue weighted by Gasteiger charge is -2.39. The number of nitrogens with zero attached hydrogens (tertiary/aromatic N) is 1. The number of methoxy groups -OCH3 is 2. The molecule has 33 heavy (non-hydrogen) atoms. The highest BCUT2D eigenvalue weighted by Crippen LogP contribution is 2.55. The zero-order valence-corrected chi connectivity index (χ0v) is 18.7. The van der Waals surface area contributed by atoms with Gasteiger partial charge in [0.1, 0.15) is 5.76 Å². The van der Waals surface area contributed by atoms with Crippen molar-refractivity contribution in [2.45, 2.75) is 36.8 Å². The van der Waals surface area contributed by atoms with Gasteiger partial charge in [-0.1, -0.05) is 12.2 Å². The predicted molar refractivity (Wildman–Crippen MR) is 118 cm³/mol. The number of ether oxygens (including phenoxy) is 5. The van der Waals surface area contributed by atoms with Crippen LogP contribution >= 0.6 is 0 Å². The summed E-state index contributed by atoms with van der Waals surface area (Å²) >= 11 is 0. The van der Waals surface area contributed by atoms with Crippen LogP contribution in [0.3, 0.4) is 0 Å². The first-order valence-corrected chi connectivity index (χ1v) is 11.1. The van der Waals surface area contributed by atoms with E-state index in [4.69, 9.17) is 18.9 Å². The van der Waals surface area contributed by atoms with E-state index in [1.807, 2.05) is 6.07 Å². The molecule has 1 aromatic rings. The fourth-order valence-corrected chi connectivity index (χ4v) is 5.60. The van der Waals surface area contributed by atoms with Gasteiger partial charge in [0.2, 0.25) is 6.79 Å². The molecule has 0 unspecified atom stereocenters. The Labute approximate surface area is 192 Å². The molecular formula is C25H27NO7. The number of allylic oxidation sites excluding steroid dienone is 2. The molecule has 1 spiro atoms. The number of carbonyl (C=O) groups excluding carboxylic acids is 2. The van der Waals surface area contributed by atoms with Crippen LogP contribution in [-0.2, 0) is 30.2 Å². The summed E-state index contributed by atoms with van der Waals surface area (Å²) in [4.78, 5) is 26.4. The van der Waals surface area contributed by atoms with E-state index in [1.54, 1.807) is 7.11 Å². The molecule has 174 valence electrons. The van der Waals surface area contributed by atoms with Gasteiger partial charge in [0, 0.05) is 18.7 Å². The third-order valence-corrected chi connectivity index (χ3v) is 6.98. The molecule has 3 atom stereocenters. The minimum Gasteiger partial charge on any atom is -0.497 e. The van der Waals surface area contributed by atoms with Crippen LogP contribution in [0.1, 0.15) is 29.9 Å². The molecule has 8 heteroatoms. The lowest BCUT2D eigenvalue weighted by molar-refractivity contribution is -0.144. The normalized spacial score (nSPS) is 27.6. The monoisotopic (exact) mass is 453 g/mol. The predicted octanol–water partition coefficient (Wildman–Crippen LogP) is 2.63. The Balaban J connectivity index is 1.49. The van der Waals surface area contributed by atoms with E-state index in [9.17, 15) is 9.59 Å². The van der Waals surface area contributed by atoms with Crippen LogP contribution in [0.15, 0.2) is 48.3 Å². The topological polar surface area (TPSA) is 83.5 Å². The van der Waals surface area contributed by atoms with Crippen LogP contribution in [-0.4, -0.2) is 62.6 Å². The van der Waals surface area contributed by atoms with Gasteiger partial charge in [0.25, 0.3) is 0 Å². The van der Waals surface area contributed by atoms with Crippen molar-refractivity contribution >= 4 is 11.9 Å². The van der Waals surface area contributed by atoms with Crippen LogP contribution in [0.4, 0.5) is 0 Å². The van der Waals surface area contributed by atoms with Crippen molar-refractivity contribution in [3.8, 4) is 11.5 Å². The lowest BCUT2D eigenvalue weighted by atomic mass is 9.77. The highest BCUT2D eigenvalue weighted by atomic mass is 16.7. The molecule has 1 aromatic carbocycles. The van der Waals surface area contributed by atoms with Crippen molar-refractivity contribution in [2.24, 2.45) is 0 Å². The standard InChI is InChI=1S/C25H27NO7/c1-29-20-14-25-9-5-10-26(25)11-8-16-12-18-19(32-15-31-18)13-17(16)23(25)24(20)33-22(28)7-4-3-6-21(27)30-2/h3-4,6-7,12-14,23-24H,5,8-11,15H2,1-2H3/b6-3+,7-4+/t23-,24-,25+/m1/s1. The first-order chi connectivity index (χ1) is 16.1. The quantitative estimate of drug-likeness (QED) is 0.382. The summed E-state index contributed by atoms with van der Waals surface area (Å²) in [6.07, 6.45) is 9.93. The summed E-state index contributed by atoms with van der Waals surface area (Å²) in [7, 11) is 2.91. The van der Waals surface area contributed by atoms with E-state index >= 15 is 0 Å². The summed E-state index contributed by atoms with van der Waals surface area (Å²) in [5.74, 6) is 1.01. The summed E-state index contributed by atoms with van der Waals surface area (Å²) in [6, 6.07) is 4.11. The Bertz CT molecular complexity index is 1060. The fraction of sp³-hybridized carbons (Fsp3) is 0.440. The summed E-state index contributed by atoms with van der Waals surface area (Å²) in [6.45, 7) is 2.11. The van der Waals surface area contributed by atoms with Gasteiger partial charge >= 0.3 is 11.9 Å². The summed E-state index contributed by atoms with van der Waals surface area (Å²) in [5, 5.41) is 0. The molecule has 1 saturated heterocycles. The number of benzene rings is 1. The molecule has 0 amide bonds. The number of carbonyl (C=O) groups is 2. The molecule has 0 saturated carbocycles. The molecule has 8 nitrogen and oxygen atoms in total. The minimum absolute atomic E-state index is 0.120. The number of esters is 2. The largest absolute Gasteiger partial charge is 0.497 e. The average Bonchev–Trinajstić information content (AvgIpc) is 3.50. The maximum absolute atomic E-state index is 12.7. The van der Waals surface area contributed by atoms with E-state index in [0.717, 1.165) is 49.4 Å². The highest BCUT2D eigenvalue weighted by Gasteiger charge is 2.58. The third-order valence-electron chi connectivity index (χ3n) is 6.98. The molecule has 1 aliphatic carbocycles. The Hall–Kier alpha value is -3.26. The molecule has 3 aliphatic heterocycles. The molecule has 0 radical (unpaired) electrons. The third kappa shape index (κ3) is 3.68. The number of fused-ring (bicyclic) bond motifs is 3. The second-order valence-electron chi connectivity index (χ2n) is 8.56. The van der Waals surface area contributed by atoms with Crippen molar-refractivity contribution in [3.05, 3.63) is 59.4 Å². The van der Waals surface area contributed by atoms with Crippen LogP contribution in [0, 0.1) is 0 Å². The SMILES string of the molecule is COC(=O)/C=C/C=C/C(=O)O[C@@H]1C(OC)=C[C@]23CCCN2CCc2cc4c(cc2[C@H]13)OCO4. The zero-order chi connectivity index (χ0) is 23.0. The van der Waals surface area contributed by atoms with Crippen molar-refractivity contribution in [3.63, 3.8) is 0 Å². The van der Waals surface area contributed by atoms with E-state index in [1.165, 1.54) is 37.0 Å². The van der Waals surface area contributed by atoms with Gasteiger partial charge < -0.3 is 23.7 Å². The molecule has 0 bridgehead atoms. The molecular weight excluding hydrogens is 426 g/mol. The van der Waals surface area contributed by atoms with E-state index in [2.05, 4.69) is 21.8 Å². The van der Waals surface area contributed by atoms with Crippen LogP contribution in [0.2, 0.25) is 0 Å². The van der Waals surface area contributed by atoms with E-state index in [0.29, 0.717) is 5.76 Å². The molecule has 0 aromatic heterocycles. The van der Waals surface area contributed by atoms with Crippen LogP contribution < -0.4 is 9.47 Å². The van der Waals surface area contributed by atoms with Gasteiger partial charge in [0.05, 0.1) is 25.7 Å². The Morgan fingerprint density at radius 2 is 1.85 bits per heavy atom. The van der Waals surface area contributed by atoms with Crippen molar-refractivity contribution in [1.82, 2.24) is 4.90 Å². The van der Waals surface area contributed by atoms with Gasteiger partial charge in [-0.2, -0.15) is 0 Å². The van der Waals surface area contributed by atoms with Gasteiger partial charge in [-0.05, 0) is 55.1 Å². The summed E-state index contributed by atoms with van der Waals surface area (Å²) < 4.78 is 27.6. The first-order valence-electron chi connectivity index (χ1n) is 11.1. The van der Waals surface area contributed by atoms with Gasteiger partial charge in [-0.3, -0.25) is 4.90 Å². The van der Waals surface area contributed by atoms with Gasteiger partial charge in [-0.25, -0.2) is 9.59 Å². The highest BCUT2D eigenvalue weighted by molar-refractivity contribution is 5.84. The minimum atomic E-state index is -0.574. The fourth-order valence-electron chi connectivity index (χ4n) is 5.60. The smallest absolute Gasteiger partial charge is 0.331 e. The molecule has 3 heterocycles. The number of hydrogen-bond acceptors (Lipinski definition) is 8. The van der Waals surface area contributed by atoms with Crippen LogP contribution in [0.5, 0.6) is 11.5 Å². The second kappa shape index (κ2) is 8.59. The van der Waals surface area contributed by atoms with Crippen molar-refractivity contribution in [2.75, 3.05) is 34.1 Å². The molecule has 5 rings (SSSR count). The average molecular weight is 453 g/mol. The van der Waals surface area contributed by atoms with Gasteiger partial charge in [-0.15, -0.1) is 0 Å². The summed E-state index contributed by atoms with van der Waals surface area (Å²) in [5.41, 5.74) is 2.02. The molecule has 0 N–H and O–H groups in total. The van der Waals surface area contributed by atoms with Crippen molar-refractivity contribution < 1.29 is 33.3 Å². The maximum atomic E-state index is 12.7. The first kappa shape index (κ1) is 21.6. The molecule has 1 fully saturated rings. The Morgan fingerprint density at radius 3 is 2.61 bits per heavy atom. The van der Waals surface area contributed by atoms with Crippen molar-refractivity contribution in [1.29, 1.82) is 0 Å². The van der Waals surface area contributed by atoms with E-state index in [-0.39, 0.29) is 18.2 Å². The van der Waals surface area contributed by atoms with Gasteiger partial charge in [0.15, 0.2) is 17.6 Å². The number of rotatable bonds is 5. The maximum Gasteiger partial charge on any atom is 0.331 e. The lowest BCUT2D eigenvalue weighted by Crippen LogP contribution is -2.47. The second-order valence-corrected chi connectivity index (χ2v) is 8.56. The Morgan fingerprint density at radius 1 is 1.09 bits per heavy atom.